The standard InChI is InChI=1S/C13H19O2/c1-2-6-13(9-14)11-15-10-12-7-4-3-5-8-12/h3-5,7-8,13H,2,6,9-11H2,1H3/t13-/m1/s1. The summed E-state index contributed by atoms with van der Waals surface area (Å²) in [6.45, 7) is 3.27. The molecule has 1 rings (SSSR count). The van der Waals surface area contributed by atoms with E-state index in [0.29, 0.717) is 13.2 Å². The van der Waals surface area contributed by atoms with Gasteiger partial charge in [0.1, 0.15) is 0 Å². The number of rotatable bonds is 7. The van der Waals surface area contributed by atoms with Crippen molar-refractivity contribution in [2.45, 2.75) is 26.4 Å². The van der Waals surface area contributed by atoms with Crippen molar-refractivity contribution in [2.24, 2.45) is 5.92 Å². The zero-order valence-corrected chi connectivity index (χ0v) is 9.32. The minimum Gasteiger partial charge on any atom is -0.376 e. The largest absolute Gasteiger partial charge is 0.376 e. The Labute approximate surface area is 91.9 Å². The maximum Gasteiger partial charge on any atom is 0.0872 e. The zero-order valence-electron chi connectivity index (χ0n) is 9.32. The van der Waals surface area contributed by atoms with Gasteiger partial charge in [-0.05, 0) is 12.0 Å². The van der Waals surface area contributed by atoms with Crippen LogP contribution in [-0.4, -0.2) is 13.2 Å². The van der Waals surface area contributed by atoms with Gasteiger partial charge in [-0.15, -0.1) is 0 Å². The van der Waals surface area contributed by atoms with Crippen LogP contribution in [-0.2, 0) is 16.5 Å². The highest BCUT2D eigenvalue weighted by Gasteiger charge is 2.06. The Balaban J connectivity index is 2.20. The van der Waals surface area contributed by atoms with Crippen LogP contribution >= 0.6 is 0 Å². The molecule has 0 heterocycles. The van der Waals surface area contributed by atoms with E-state index in [-0.39, 0.29) is 12.5 Å². The van der Waals surface area contributed by atoms with Gasteiger partial charge in [-0.25, -0.2) is 5.11 Å². The monoisotopic (exact) mass is 207 g/mol. The summed E-state index contributed by atoms with van der Waals surface area (Å²) in [5, 5.41) is 10.8. The van der Waals surface area contributed by atoms with Crippen molar-refractivity contribution in [1.82, 2.24) is 0 Å². The predicted octanol–water partition coefficient (Wildman–Crippen LogP) is 3.05. The van der Waals surface area contributed by atoms with Crippen LogP contribution in [0.3, 0.4) is 0 Å². The Hall–Kier alpha value is -0.860. The highest BCUT2D eigenvalue weighted by Crippen LogP contribution is 2.08. The van der Waals surface area contributed by atoms with Crippen LogP contribution in [0.4, 0.5) is 0 Å². The van der Waals surface area contributed by atoms with Gasteiger partial charge in [-0.1, -0.05) is 43.7 Å². The molecule has 0 spiro atoms. The zero-order chi connectivity index (χ0) is 10.9. The Morgan fingerprint density at radius 3 is 2.60 bits per heavy atom. The lowest BCUT2D eigenvalue weighted by Crippen LogP contribution is -2.12. The van der Waals surface area contributed by atoms with E-state index in [1.54, 1.807) is 0 Å². The Kier molecular flexibility index (Phi) is 6.05. The summed E-state index contributed by atoms with van der Waals surface area (Å²) >= 11 is 0. The van der Waals surface area contributed by atoms with Gasteiger partial charge >= 0.3 is 0 Å². The van der Waals surface area contributed by atoms with Crippen LogP contribution < -0.4 is 0 Å². The molecule has 0 aromatic heterocycles. The molecule has 1 radical (unpaired) electrons. The van der Waals surface area contributed by atoms with Crippen LogP contribution in [0.5, 0.6) is 0 Å². The van der Waals surface area contributed by atoms with Crippen molar-refractivity contribution in [2.75, 3.05) is 13.2 Å². The normalized spacial score (nSPS) is 12.7. The topological polar surface area (TPSA) is 29.1 Å². The van der Waals surface area contributed by atoms with Crippen molar-refractivity contribution >= 4 is 0 Å². The lowest BCUT2D eigenvalue weighted by atomic mass is 10.1. The van der Waals surface area contributed by atoms with Crippen molar-refractivity contribution in [1.29, 1.82) is 0 Å². The lowest BCUT2D eigenvalue weighted by Gasteiger charge is -2.12. The summed E-state index contributed by atoms with van der Waals surface area (Å²) in [4.78, 5) is 0. The molecule has 0 unspecified atom stereocenters. The van der Waals surface area contributed by atoms with Gasteiger partial charge in [-0.3, -0.25) is 0 Å². The fourth-order valence-electron chi connectivity index (χ4n) is 1.54. The van der Waals surface area contributed by atoms with E-state index < -0.39 is 0 Å². The molecule has 2 heteroatoms. The SMILES string of the molecule is CCC[C@H](C[O])COCc1ccccc1. The first-order valence-electron chi connectivity index (χ1n) is 5.56. The fourth-order valence-corrected chi connectivity index (χ4v) is 1.54. The van der Waals surface area contributed by atoms with Crippen molar-refractivity contribution in [3.63, 3.8) is 0 Å². The Morgan fingerprint density at radius 1 is 1.27 bits per heavy atom. The first kappa shape index (κ1) is 12.2. The summed E-state index contributed by atoms with van der Waals surface area (Å²) in [7, 11) is 0. The second-order valence-corrected chi connectivity index (χ2v) is 3.82. The average molecular weight is 207 g/mol. The van der Waals surface area contributed by atoms with E-state index in [9.17, 15) is 5.11 Å². The van der Waals surface area contributed by atoms with Gasteiger partial charge < -0.3 is 4.74 Å². The van der Waals surface area contributed by atoms with Crippen molar-refractivity contribution < 1.29 is 9.84 Å². The molecule has 2 nitrogen and oxygen atoms in total. The first-order chi connectivity index (χ1) is 7.36. The molecule has 83 valence electrons. The number of ether oxygens (including phenoxy) is 1. The van der Waals surface area contributed by atoms with Crippen molar-refractivity contribution in [3.8, 4) is 0 Å². The summed E-state index contributed by atoms with van der Waals surface area (Å²) in [5.74, 6) is 0.179. The van der Waals surface area contributed by atoms with Crippen LogP contribution in [0, 0.1) is 5.92 Å². The van der Waals surface area contributed by atoms with Gasteiger partial charge in [-0.2, -0.15) is 0 Å². The third kappa shape index (κ3) is 4.96. The molecule has 0 fully saturated rings. The molecule has 0 amide bonds. The first-order valence-corrected chi connectivity index (χ1v) is 5.56. The molecule has 15 heavy (non-hydrogen) atoms. The van der Waals surface area contributed by atoms with Crippen LogP contribution in [0.15, 0.2) is 30.3 Å². The number of benzene rings is 1. The maximum absolute atomic E-state index is 10.8. The highest BCUT2D eigenvalue weighted by atomic mass is 16.5. The second-order valence-electron chi connectivity index (χ2n) is 3.82. The number of hydrogen-bond acceptors (Lipinski definition) is 1. The summed E-state index contributed by atoms with van der Waals surface area (Å²) in [6.07, 6.45) is 2.03. The van der Waals surface area contributed by atoms with Gasteiger partial charge in [0.05, 0.1) is 19.8 Å². The molecule has 0 aliphatic heterocycles. The molecule has 0 bridgehead atoms. The summed E-state index contributed by atoms with van der Waals surface area (Å²) < 4.78 is 5.53. The molecular weight excluding hydrogens is 188 g/mol. The summed E-state index contributed by atoms with van der Waals surface area (Å²) in [5.41, 5.74) is 1.17. The van der Waals surface area contributed by atoms with Gasteiger partial charge in [0.15, 0.2) is 0 Å². The van der Waals surface area contributed by atoms with Crippen LogP contribution in [0.1, 0.15) is 25.3 Å². The second kappa shape index (κ2) is 7.43. The molecule has 0 N–H and O–H groups in total. The molecule has 0 saturated heterocycles. The molecular formula is C13H19O2. The van der Waals surface area contributed by atoms with Gasteiger partial charge in [0, 0.05) is 5.92 Å². The Morgan fingerprint density at radius 2 is 2.00 bits per heavy atom. The van der Waals surface area contributed by atoms with Crippen LogP contribution in [0.2, 0.25) is 0 Å². The smallest absolute Gasteiger partial charge is 0.0872 e. The maximum atomic E-state index is 10.8. The average Bonchev–Trinajstić information content (AvgIpc) is 2.29. The summed E-state index contributed by atoms with van der Waals surface area (Å²) in [6, 6.07) is 10.0. The highest BCUT2D eigenvalue weighted by molar-refractivity contribution is 5.13. The van der Waals surface area contributed by atoms with Crippen molar-refractivity contribution in [3.05, 3.63) is 35.9 Å². The van der Waals surface area contributed by atoms with E-state index in [4.69, 9.17) is 4.74 Å². The molecule has 1 atom stereocenters. The van der Waals surface area contributed by atoms with E-state index >= 15 is 0 Å². The minimum atomic E-state index is -0.0252. The van der Waals surface area contributed by atoms with E-state index in [1.807, 2.05) is 30.3 Å². The fraction of sp³-hybridized carbons (Fsp3) is 0.538. The third-order valence-corrected chi connectivity index (χ3v) is 2.40. The molecule has 1 aromatic rings. The van der Waals surface area contributed by atoms with E-state index in [2.05, 4.69) is 6.92 Å². The number of hydrogen-bond donors (Lipinski definition) is 0. The Bertz CT molecular complexity index is 246. The quantitative estimate of drug-likeness (QED) is 0.675. The molecule has 0 aliphatic carbocycles. The predicted molar refractivity (Wildman–Crippen MR) is 60.0 cm³/mol. The van der Waals surface area contributed by atoms with E-state index in [0.717, 1.165) is 12.8 Å². The molecule has 1 aromatic carbocycles. The van der Waals surface area contributed by atoms with Gasteiger partial charge in [0.2, 0.25) is 0 Å². The minimum absolute atomic E-state index is 0.0252. The lowest BCUT2D eigenvalue weighted by molar-refractivity contribution is 0.0404. The van der Waals surface area contributed by atoms with Crippen LogP contribution in [0.25, 0.3) is 0 Å². The molecule has 0 aliphatic rings. The van der Waals surface area contributed by atoms with Gasteiger partial charge in [0.25, 0.3) is 0 Å². The third-order valence-electron chi connectivity index (χ3n) is 2.40. The van der Waals surface area contributed by atoms with E-state index in [1.165, 1.54) is 5.56 Å². The molecule has 0 saturated carbocycles.